The Hall–Kier alpha value is -1.76. The van der Waals surface area contributed by atoms with Crippen LogP contribution in [-0.4, -0.2) is 33.7 Å². The number of nitrogens with zero attached hydrogens (tertiary/aromatic N) is 1. The summed E-state index contributed by atoms with van der Waals surface area (Å²) in [6.45, 7) is 1.44. The largest absolute Gasteiger partial charge is 0.497 e. The van der Waals surface area contributed by atoms with Crippen molar-refractivity contribution in [1.29, 1.82) is 0 Å². The molecule has 18 heavy (non-hydrogen) atoms. The van der Waals surface area contributed by atoms with Crippen LogP contribution in [0.5, 0.6) is 5.75 Å². The molecule has 1 amide bonds. The van der Waals surface area contributed by atoms with Crippen molar-refractivity contribution in [3.63, 3.8) is 0 Å². The number of hydrogen-bond acceptors (Lipinski definition) is 4. The number of amides is 1. The number of anilines is 1. The lowest BCUT2D eigenvalue weighted by Gasteiger charge is -2.26. The standard InChI is InChI=1S/C11H16N2O4S/c1-8(11(12)14)13(18(3,15)16)9-4-6-10(17-2)7-5-9/h4-8H,1-3H3,(H2,12,14)/t8-/m1/s1. The fourth-order valence-electron chi connectivity index (χ4n) is 1.55. The van der Waals surface area contributed by atoms with Gasteiger partial charge in [-0.1, -0.05) is 0 Å². The van der Waals surface area contributed by atoms with E-state index in [9.17, 15) is 13.2 Å². The highest BCUT2D eigenvalue weighted by molar-refractivity contribution is 7.92. The molecule has 100 valence electrons. The van der Waals surface area contributed by atoms with E-state index in [1.54, 1.807) is 24.3 Å². The molecule has 1 rings (SSSR count). The van der Waals surface area contributed by atoms with E-state index in [1.165, 1.54) is 14.0 Å². The molecule has 0 saturated carbocycles. The number of sulfonamides is 1. The van der Waals surface area contributed by atoms with Crippen molar-refractivity contribution in [2.24, 2.45) is 5.73 Å². The van der Waals surface area contributed by atoms with Gasteiger partial charge in [-0.05, 0) is 31.2 Å². The van der Waals surface area contributed by atoms with Gasteiger partial charge in [0.05, 0.1) is 19.1 Å². The summed E-state index contributed by atoms with van der Waals surface area (Å²) in [5.74, 6) is -0.116. The zero-order chi connectivity index (χ0) is 13.9. The lowest BCUT2D eigenvalue weighted by Crippen LogP contribution is -2.45. The first-order valence-corrected chi connectivity index (χ1v) is 7.05. The maximum atomic E-state index is 11.7. The number of hydrogen-bond donors (Lipinski definition) is 1. The number of primary amides is 1. The minimum absolute atomic E-state index is 0.365. The van der Waals surface area contributed by atoms with Gasteiger partial charge in [-0.25, -0.2) is 8.42 Å². The summed E-state index contributed by atoms with van der Waals surface area (Å²) in [7, 11) is -2.08. The first-order valence-electron chi connectivity index (χ1n) is 5.20. The molecule has 7 heteroatoms. The van der Waals surface area contributed by atoms with E-state index in [-0.39, 0.29) is 0 Å². The van der Waals surface area contributed by atoms with Crippen molar-refractivity contribution in [2.45, 2.75) is 13.0 Å². The monoisotopic (exact) mass is 272 g/mol. The Bertz CT molecular complexity index is 524. The van der Waals surface area contributed by atoms with Crippen LogP contribution in [0, 0.1) is 0 Å². The van der Waals surface area contributed by atoms with E-state index in [4.69, 9.17) is 10.5 Å². The predicted octanol–water partition coefficient (Wildman–Crippen LogP) is 0.335. The Kier molecular flexibility index (Phi) is 4.18. The molecule has 0 unspecified atom stereocenters. The first kappa shape index (κ1) is 14.3. The number of nitrogens with two attached hydrogens (primary N) is 1. The molecule has 1 atom stereocenters. The Labute approximate surface area is 106 Å². The van der Waals surface area contributed by atoms with Gasteiger partial charge in [0, 0.05) is 0 Å². The highest BCUT2D eigenvalue weighted by atomic mass is 32.2. The Morgan fingerprint density at radius 3 is 2.17 bits per heavy atom. The average molecular weight is 272 g/mol. The maximum absolute atomic E-state index is 11.7. The molecular weight excluding hydrogens is 256 g/mol. The summed E-state index contributed by atoms with van der Waals surface area (Å²) in [6.07, 6.45) is 1.02. The fourth-order valence-corrected chi connectivity index (χ4v) is 2.73. The van der Waals surface area contributed by atoms with Gasteiger partial charge in [-0.2, -0.15) is 0 Å². The van der Waals surface area contributed by atoms with Crippen molar-refractivity contribution < 1.29 is 17.9 Å². The van der Waals surface area contributed by atoms with E-state index in [0.29, 0.717) is 11.4 Å². The third kappa shape index (κ3) is 3.13. The molecule has 6 nitrogen and oxygen atoms in total. The van der Waals surface area contributed by atoms with Gasteiger partial charge in [-0.3, -0.25) is 9.10 Å². The zero-order valence-corrected chi connectivity index (χ0v) is 11.3. The van der Waals surface area contributed by atoms with Gasteiger partial charge in [0.15, 0.2) is 0 Å². The summed E-state index contributed by atoms with van der Waals surface area (Å²) in [5, 5.41) is 0. The average Bonchev–Trinajstić information content (AvgIpc) is 2.28. The van der Waals surface area contributed by atoms with Crippen LogP contribution >= 0.6 is 0 Å². The predicted molar refractivity (Wildman–Crippen MR) is 69.0 cm³/mol. The van der Waals surface area contributed by atoms with Crippen molar-refractivity contribution in [1.82, 2.24) is 0 Å². The summed E-state index contributed by atoms with van der Waals surface area (Å²) in [6, 6.07) is 5.38. The third-order valence-electron chi connectivity index (χ3n) is 2.45. The minimum atomic E-state index is -3.59. The number of methoxy groups -OCH3 is 1. The first-order chi connectivity index (χ1) is 8.27. The molecule has 1 aromatic carbocycles. The van der Waals surface area contributed by atoms with Crippen LogP contribution < -0.4 is 14.8 Å². The second-order valence-electron chi connectivity index (χ2n) is 3.84. The fraction of sp³-hybridized carbons (Fsp3) is 0.364. The molecule has 0 aromatic heterocycles. The SMILES string of the molecule is COc1ccc(N([C@H](C)C(N)=O)S(C)(=O)=O)cc1. The minimum Gasteiger partial charge on any atom is -0.497 e. The molecule has 1 aromatic rings. The quantitative estimate of drug-likeness (QED) is 0.836. The molecule has 2 N–H and O–H groups in total. The number of carbonyl (C=O) groups excluding carboxylic acids is 1. The van der Waals surface area contributed by atoms with Crippen LogP contribution in [0.3, 0.4) is 0 Å². The summed E-state index contributed by atoms with van der Waals surface area (Å²) >= 11 is 0. The highest BCUT2D eigenvalue weighted by Crippen LogP contribution is 2.23. The van der Waals surface area contributed by atoms with E-state index >= 15 is 0 Å². The van der Waals surface area contributed by atoms with Crippen LogP contribution in [0.4, 0.5) is 5.69 Å². The van der Waals surface area contributed by atoms with Crippen LogP contribution in [0.25, 0.3) is 0 Å². The number of carbonyl (C=O) groups is 1. The van der Waals surface area contributed by atoms with Crippen molar-refractivity contribution in [3.05, 3.63) is 24.3 Å². The topological polar surface area (TPSA) is 89.7 Å². The molecular formula is C11H16N2O4S. The highest BCUT2D eigenvalue weighted by Gasteiger charge is 2.27. The second-order valence-corrected chi connectivity index (χ2v) is 5.69. The maximum Gasteiger partial charge on any atom is 0.241 e. The normalized spacial score (nSPS) is 12.8. The zero-order valence-electron chi connectivity index (χ0n) is 10.5. The summed E-state index contributed by atoms with van der Waals surface area (Å²) in [5.41, 5.74) is 5.52. The molecule has 0 bridgehead atoms. The van der Waals surface area contributed by atoms with Crippen LogP contribution in [-0.2, 0) is 14.8 Å². The number of ether oxygens (including phenoxy) is 1. The molecule has 0 aliphatic rings. The van der Waals surface area contributed by atoms with Gasteiger partial charge in [0.1, 0.15) is 11.8 Å². The van der Waals surface area contributed by atoms with E-state index in [0.717, 1.165) is 10.6 Å². The second kappa shape index (κ2) is 5.26. The number of rotatable bonds is 5. The lowest BCUT2D eigenvalue weighted by atomic mass is 10.2. The Morgan fingerprint density at radius 2 is 1.83 bits per heavy atom. The van der Waals surface area contributed by atoms with Gasteiger partial charge in [-0.15, -0.1) is 0 Å². The van der Waals surface area contributed by atoms with Crippen molar-refractivity contribution in [3.8, 4) is 5.75 Å². The van der Waals surface area contributed by atoms with Gasteiger partial charge >= 0.3 is 0 Å². The van der Waals surface area contributed by atoms with E-state index < -0.39 is 22.0 Å². The molecule has 0 aliphatic carbocycles. The third-order valence-corrected chi connectivity index (χ3v) is 3.69. The molecule has 0 aliphatic heterocycles. The van der Waals surface area contributed by atoms with Crippen LogP contribution in [0.15, 0.2) is 24.3 Å². The van der Waals surface area contributed by atoms with Gasteiger partial charge in [0.25, 0.3) is 0 Å². The summed E-state index contributed by atoms with van der Waals surface area (Å²) in [4.78, 5) is 11.2. The van der Waals surface area contributed by atoms with Crippen LogP contribution in [0.2, 0.25) is 0 Å². The molecule has 0 saturated heterocycles. The molecule has 0 radical (unpaired) electrons. The lowest BCUT2D eigenvalue weighted by molar-refractivity contribution is -0.118. The smallest absolute Gasteiger partial charge is 0.241 e. The number of benzene rings is 1. The van der Waals surface area contributed by atoms with E-state index in [1.807, 2.05) is 0 Å². The van der Waals surface area contributed by atoms with Gasteiger partial charge < -0.3 is 10.5 Å². The Balaban J connectivity index is 3.22. The Morgan fingerprint density at radius 1 is 1.33 bits per heavy atom. The molecule has 0 heterocycles. The molecule has 0 fully saturated rings. The van der Waals surface area contributed by atoms with E-state index in [2.05, 4.69) is 0 Å². The van der Waals surface area contributed by atoms with Gasteiger partial charge in [0.2, 0.25) is 15.9 Å². The van der Waals surface area contributed by atoms with Crippen LogP contribution in [0.1, 0.15) is 6.92 Å². The van der Waals surface area contributed by atoms with Crippen molar-refractivity contribution in [2.75, 3.05) is 17.7 Å². The molecule has 0 spiro atoms. The summed E-state index contributed by atoms with van der Waals surface area (Å²) < 4.78 is 29.4. The van der Waals surface area contributed by atoms with Crippen molar-refractivity contribution >= 4 is 21.6 Å².